The molecule has 0 aliphatic carbocycles. The highest BCUT2D eigenvalue weighted by atomic mass is 35.5. The van der Waals surface area contributed by atoms with Gasteiger partial charge in [0.15, 0.2) is 0 Å². The molecule has 5 heteroatoms. The molecule has 0 aromatic heterocycles. The van der Waals surface area contributed by atoms with Crippen molar-refractivity contribution in [2.24, 2.45) is 0 Å². The first-order valence-corrected chi connectivity index (χ1v) is 5.91. The molecule has 0 radical (unpaired) electrons. The maximum absolute atomic E-state index is 10.2. The molecule has 1 aromatic carbocycles. The second-order valence-electron chi connectivity index (χ2n) is 4.21. The highest BCUT2D eigenvalue weighted by Crippen LogP contribution is 2.20. The largest absolute Gasteiger partial charge is 0.497 e. The molecule has 1 atom stereocenters. The van der Waals surface area contributed by atoms with Crippen LogP contribution in [0.1, 0.15) is 11.7 Å². The smallest absolute Gasteiger partial charge is 0.119 e. The minimum atomic E-state index is -0.469. The molecule has 4 nitrogen and oxygen atoms in total. The fraction of sp³-hybridized carbons (Fsp3) is 0.538. The summed E-state index contributed by atoms with van der Waals surface area (Å²) in [6, 6.07) is 7.58. The van der Waals surface area contributed by atoms with E-state index in [1.54, 1.807) is 7.11 Å². The number of aliphatic hydroxyl groups is 1. The number of morpholine rings is 1. The minimum absolute atomic E-state index is 0. The molecule has 0 spiro atoms. The van der Waals surface area contributed by atoms with Crippen LogP contribution >= 0.6 is 12.4 Å². The van der Waals surface area contributed by atoms with Crippen molar-refractivity contribution in [3.63, 3.8) is 0 Å². The van der Waals surface area contributed by atoms with Crippen LogP contribution in [0.3, 0.4) is 0 Å². The number of aliphatic hydroxyl groups excluding tert-OH is 1. The van der Waals surface area contributed by atoms with Crippen molar-refractivity contribution < 1.29 is 14.6 Å². The Hall–Kier alpha value is -0.810. The monoisotopic (exact) mass is 273 g/mol. The number of nitrogens with zero attached hydrogens (tertiary/aromatic N) is 1. The molecule has 1 fully saturated rings. The molecule has 0 amide bonds. The predicted molar refractivity (Wildman–Crippen MR) is 72.5 cm³/mol. The van der Waals surface area contributed by atoms with Gasteiger partial charge in [-0.15, -0.1) is 12.4 Å². The third-order valence-electron chi connectivity index (χ3n) is 3.01. The summed E-state index contributed by atoms with van der Waals surface area (Å²) < 4.78 is 10.4. The van der Waals surface area contributed by atoms with Gasteiger partial charge in [0.2, 0.25) is 0 Å². The zero-order valence-corrected chi connectivity index (χ0v) is 11.4. The van der Waals surface area contributed by atoms with E-state index in [2.05, 4.69) is 4.90 Å². The Kier molecular flexibility index (Phi) is 6.43. The summed E-state index contributed by atoms with van der Waals surface area (Å²) in [6.07, 6.45) is -0.469. The molecule has 2 rings (SSSR count). The molecule has 0 saturated carbocycles. The van der Waals surface area contributed by atoms with Crippen LogP contribution in [0.25, 0.3) is 0 Å². The minimum Gasteiger partial charge on any atom is -0.497 e. The maximum Gasteiger partial charge on any atom is 0.119 e. The van der Waals surface area contributed by atoms with E-state index in [-0.39, 0.29) is 12.4 Å². The van der Waals surface area contributed by atoms with Crippen LogP contribution < -0.4 is 4.74 Å². The lowest BCUT2D eigenvalue weighted by atomic mass is 10.1. The van der Waals surface area contributed by atoms with Gasteiger partial charge in [0, 0.05) is 19.6 Å². The number of β-amino-alcohol motifs (C(OH)–C–C–N with tert-alkyl or cyclic N) is 1. The van der Waals surface area contributed by atoms with E-state index in [4.69, 9.17) is 9.47 Å². The van der Waals surface area contributed by atoms with Crippen molar-refractivity contribution >= 4 is 12.4 Å². The normalized spacial score (nSPS) is 17.9. The van der Waals surface area contributed by atoms with Gasteiger partial charge in [-0.1, -0.05) is 12.1 Å². The van der Waals surface area contributed by atoms with Gasteiger partial charge in [-0.2, -0.15) is 0 Å². The van der Waals surface area contributed by atoms with Crippen LogP contribution in [-0.2, 0) is 4.74 Å². The van der Waals surface area contributed by atoms with Crippen LogP contribution in [0.5, 0.6) is 5.75 Å². The number of benzene rings is 1. The van der Waals surface area contributed by atoms with Crippen LogP contribution in [-0.4, -0.2) is 50.0 Å². The Morgan fingerprint density at radius 2 is 2.11 bits per heavy atom. The van der Waals surface area contributed by atoms with Crippen molar-refractivity contribution in [2.75, 3.05) is 40.0 Å². The summed E-state index contributed by atoms with van der Waals surface area (Å²) in [6.45, 7) is 3.94. The van der Waals surface area contributed by atoms with Crippen molar-refractivity contribution in [3.05, 3.63) is 29.8 Å². The number of halogens is 1. The molecule has 1 unspecified atom stereocenters. The lowest BCUT2D eigenvalue weighted by Crippen LogP contribution is -2.38. The van der Waals surface area contributed by atoms with Gasteiger partial charge < -0.3 is 14.6 Å². The fourth-order valence-electron chi connectivity index (χ4n) is 1.98. The topological polar surface area (TPSA) is 41.9 Å². The van der Waals surface area contributed by atoms with Gasteiger partial charge in [-0.3, -0.25) is 4.90 Å². The number of hydrogen-bond donors (Lipinski definition) is 1. The molecule has 102 valence electrons. The van der Waals surface area contributed by atoms with Crippen LogP contribution in [0.4, 0.5) is 0 Å². The maximum atomic E-state index is 10.2. The lowest BCUT2D eigenvalue weighted by Gasteiger charge is -2.28. The second kappa shape index (κ2) is 7.59. The number of methoxy groups -OCH3 is 1. The van der Waals surface area contributed by atoms with E-state index in [1.165, 1.54) is 0 Å². The summed E-state index contributed by atoms with van der Waals surface area (Å²) in [5.41, 5.74) is 0.899. The first-order valence-electron chi connectivity index (χ1n) is 5.91. The van der Waals surface area contributed by atoms with Gasteiger partial charge in [0.05, 0.1) is 26.4 Å². The Morgan fingerprint density at radius 1 is 1.39 bits per heavy atom. The Balaban J connectivity index is 0.00000162. The first-order chi connectivity index (χ1) is 8.29. The summed E-state index contributed by atoms with van der Waals surface area (Å²) in [5.74, 6) is 0.781. The van der Waals surface area contributed by atoms with Gasteiger partial charge in [-0.05, 0) is 17.7 Å². The first kappa shape index (κ1) is 15.2. The lowest BCUT2D eigenvalue weighted by molar-refractivity contribution is 0.0143. The molecule has 18 heavy (non-hydrogen) atoms. The van der Waals surface area contributed by atoms with E-state index >= 15 is 0 Å². The standard InChI is InChI=1S/C13H19NO3.ClH/c1-16-12-4-2-3-11(9-12)13(15)10-14-5-7-17-8-6-14;/h2-4,9,13,15H,5-8,10H2,1H3;1H. The van der Waals surface area contributed by atoms with Crippen LogP contribution in [0, 0.1) is 0 Å². The SMILES string of the molecule is COc1cccc(C(O)CN2CCOCC2)c1.Cl. The molecule has 1 saturated heterocycles. The summed E-state index contributed by atoms with van der Waals surface area (Å²) in [4.78, 5) is 2.22. The molecule has 1 heterocycles. The molecule has 1 N–H and O–H groups in total. The average molecular weight is 274 g/mol. The molecule has 0 bridgehead atoms. The highest BCUT2D eigenvalue weighted by molar-refractivity contribution is 5.85. The van der Waals surface area contributed by atoms with E-state index in [0.29, 0.717) is 6.54 Å². The van der Waals surface area contributed by atoms with Crippen LogP contribution in [0.15, 0.2) is 24.3 Å². The van der Waals surface area contributed by atoms with Crippen molar-refractivity contribution in [1.29, 1.82) is 0 Å². The number of rotatable bonds is 4. The fourth-order valence-corrected chi connectivity index (χ4v) is 1.98. The van der Waals surface area contributed by atoms with E-state index in [9.17, 15) is 5.11 Å². The molecule has 1 aromatic rings. The second-order valence-corrected chi connectivity index (χ2v) is 4.21. The number of hydrogen-bond acceptors (Lipinski definition) is 4. The molecular formula is C13H20ClNO3. The number of ether oxygens (including phenoxy) is 2. The third-order valence-corrected chi connectivity index (χ3v) is 3.01. The quantitative estimate of drug-likeness (QED) is 0.902. The van der Waals surface area contributed by atoms with E-state index in [0.717, 1.165) is 37.6 Å². The van der Waals surface area contributed by atoms with Gasteiger partial charge in [-0.25, -0.2) is 0 Å². The Bertz CT molecular complexity index is 356. The Morgan fingerprint density at radius 3 is 2.78 bits per heavy atom. The molecule has 1 aliphatic heterocycles. The average Bonchev–Trinajstić information content (AvgIpc) is 2.40. The van der Waals surface area contributed by atoms with Gasteiger partial charge in [0.25, 0.3) is 0 Å². The highest BCUT2D eigenvalue weighted by Gasteiger charge is 2.16. The summed E-state index contributed by atoms with van der Waals surface area (Å²) in [7, 11) is 1.63. The summed E-state index contributed by atoms with van der Waals surface area (Å²) >= 11 is 0. The molecule has 1 aliphatic rings. The van der Waals surface area contributed by atoms with Gasteiger partial charge in [0.1, 0.15) is 5.75 Å². The van der Waals surface area contributed by atoms with Crippen molar-refractivity contribution in [3.8, 4) is 5.75 Å². The molecular weight excluding hydrogens is 254 g/mol. The summed E-state index contributed by atoms with van der Waals surface area (Å²) in [5, 5.41) is 10.2. The zero-order chi connectivity index (χ0) is 12.1. The van der Waals surface area contributed by atoms with E-state index in [1.807, 2.05) is 24.3 Å². The van der Waals surface area contributed by atoms with Gasteiger partial charge >= 0.3 is 0 Å². The predicted octanol–water partition coefficient (Wildman–Crippen LogP) is 1.48. The third kappa shape index (κ3) is 4.14. The van der Waals surface area contributed by atoms with E-state index < -0.39 is 6.10 Å². The van der Waals surface area contributed by atoms with Crippen LogP contribution in [0.2, 0.25) is 0 Å². The Labute approximate surface area is 114 Å². The van der Waals surface area contributed by atoms with Crippen molar-refractivity contribution in [2.45, 2.75) is 6.10 Å². The zero-order valence-electron chi connectivity index (χ0n) is 10.5. The van der Waals surface area contributed by atoms with Crippen molar-refractivity contribution in [1.82, 2.24) is 4.90 Å².